The number of carbonyl (C=O) groups excluding carboxylic acids is 1. The smallest absolute Gasteiger partial charge is 0.226 e. The monoisotopic (exact) mass is 516 g/mol. The largest absolute Gasteiger partial charge is 0.459 e. The van der Waals surface area contributed by atoms with E-state index in [1.54, 1.807) is 18.3 Å². The van der Waals surface area contributed by atoms with Crippen molar-refractivity contribution in [3.63, 3.8) is 0 Å². The average molecular weight is 517 g/mol. The van der Waals surface area contributed by atoms with Crippen LogP contribution in [-0.2, 0) is 4.79 Å². The van der Waals surface area contributed by atoms with Crippen LogP contribution in [0.4, 0.5) is 11.4 Å². The lowest BCUT2D eigenvalue weighted by molar-refractivity contribution is -0.118. The van der Waals surface area contributed by atoms with Crippen molar-refractivity contribution in [1.29, 1.82) is 0 Å². The molecule has 2 N–H and O–H groups in total. The van der Waals surface area contributed by atoms with Gasteiger partial charge in [0, 0.05) is 23.4 Å². The number of nitrogens with one attached hydrogen (secondary N) is 2. The predicted molar refractivity (Wildman–Crippen MR) is 147 cm³/mol. The third kappa shape index (κ3) is 4.72. The molecule has 8 heteroatoms. The zero-order chi connectivity index (χ0) is 25.2. The van der Waals surface area contributed by atoms with Crippen molar-refractivity contribution in [2.75, 3.05) is 10.2 Å². The van der Waals surface area contributed by atoms with Crippen molar-refractivity contribution >= 4 is 46.2 Å². The minimum atomic E-state index is -0.308. The molecule has 0 saturated carbocycles. The molecule has 3 heterocycles. The molecular formula is C28H25ClN4O2S. The van der Waals surface area contributed by atoms with Crippen molar-refractivity contribution in [2.24, 2.45) is 5.92 Å². The molecule has 36 heavy (non-hydrogen) atoms. The number of aromatic nitrogens is 1. The van der Waals surface area contributed by atoms with E-state index in [-0.39, 0.29) is 23.9 Å². The van der Waals surface area contributed by atoms with Gasteiger partial charge in [-0.15, -0.1) is 0 Å². The average Bonchev–Trinajstić information content (AvgIpc) is 3.51. The molecule has 5 rings (SSSR count). The zero-order valence-corrected chi connectivity index (χ0v) is 21.4. The van der Waals surface area contributed by atoms with E-state index in [1.165, 1.54) is 0 Å². The van der Waals surface area contributed by atoms with Crippen LogP contribution in [0.3, 0.4) is 0 Å². The van der Waals surface area contributed by atoms with Gasteiger partial charge >= 0.3 is 0 Å². The molecule has 4 aromatic rings. The Morgan fingerprint density at radius 3 is 2.56 bits per heavy atom. The second kappa shape index (κ2) is 10.1. The van der Waals surface area contributed by atoms with E-state index in [2.05, 4.69) is 15.6 Å². The summed E-state index contributed by atoms with van der Waals surface area (Å²) in [5, 5.41) is 7.25. The Kier molecular flexibility index (Phi) is 6.76. The van der Waals surface area contributed by atoms with Crippen LogP contribution in [0.15, 0.2) is 89.5 Å². The summed E-state index contributed by atoms with van der Waals surface area (Å²) >= 11 is 12.4. The van der Waals surface area contributed by atoms with Crippen molar-refractivity contribution in [3.05, 3.63) is 102 Å². The second-order valence-corrected chi connectivity index (χ2v) is 9.67. The van der Waals surface area contributed by atoms with Crippen LogP contribution in [0, 0.1) is 5.92 Å². The number of furan rings is 1. The van der Waals surface area contributed by atoms with Gasteiger partial charge in [-0.05, 0) is 54.7 Å². The van der Waals surface area contributed by atoms with E-state index in [0.29, 0.717) is 15.8 Å². The Bertz CT molecular complexity index is 1390. The zero-order valence-electron chi connectivity index (χ0n) is 19.8. The van der Waals surface area contributed by atoms with Crippen LogP contribution < -0.4 is 15.5 Å². The molecule has 0 aliphatic carbocycles. The predicted octanol–water partition coefficient (Wildman–Crippen LogP) is 6.77. The number of pyridine rings is 1. The van der Waals surface area contributed by atoms with Gasteiger partial charge in [0.1, 0.15) is 17.6 Å². The number of nitrogens with zero attached hydrogens (tertiary/aromatic N) is 2. The number of hydrogen-bond donors (Lipinski definition) is 2. The van der Waals surface area contributed by atoms with E-state index in [9.17, 15) is 4.79 Å². The molecule has 182 valence electrons. The topological polar surface area (TPSA) is 70.4 Å². The number of amides is 1. The number of benzene rings is 2. The fourth-order valence-corrected chi connectivity index (χ4v) is 4.79. The van der Waals surface area contributed by atoms with E-state index in [0.717, 1.165) is 28.5 Å². The second-order valence-electron chi connectivity index (χ2n) is 8.87. The standard InChI is InChI=1S/C28H25ClN4O2S/c1-17(2)27(34)31-21-12-11-19(16-20(21)29)33-26(25(32-28(33)36)22-10-6-7-15-30-22)24-14-13-23(35-24)18-8-4-3-5-9-18/h3-17,25-26H,1-2H3,(H,31,34)(H,32,36)/t25-,26-/m1/s1. The van der Waals surface area contributed by atoms with Gasteiger partial charge in [-0.3, -0.25) is 9.78 Å². The van der Waals surface area contributed by atoms with Crippen LogP contribution in [0.25, 0.3) is 11.3 Å². The first-order valence-corrected chi connectivity index (χ1v) is 12.5. The van der Waals surface area contributed by atoms with E-state index >= 15 is 0 Å². The molecule has 0 bridgehead atoms. The molecule has 2 aromatic heterocycles. The summed E-state index contributed by atoms with van der Waals surface area (Å²) in [6.07, 6.45) is 1.76. The maximum atomic E-state index is 12.2. The Hall–Kier alpha value is -3.68. The molecule has 0 radical (unpaired) electrons. The molecule has 1 amide bonds. The first kappa shape index (κ1) is 24.0. The molecule has 1 aliphatic heterocycles. The third-order valence-electron chi connectivity index (χ3n) is 6.09. The van der Waals surface area contributed by atoms with E-state index < -0.39 is 0 Å². The molecule has 2 atom stereocenters. The van der Waals surface area contributed by atoms with Crippen LogP contribution in [0.5, 0.6) is 0 Å². The number of halogens is 1. The summed E-state index contributed by atoms with van der Waals surface area (Å²) in [7, 11) is 0. The van der Waals surface area contributed by atoms with Gasteiger partial charge in [-0.2, -0.15) is 0 Å². The normalized spacial score (nSPS) is 17.3. The highest BCUT2D eigenvalue weighted by Gasteiger charge is 2.42. The van der Waals surface area contributed by atoms with Gasteiger partial charge in [0.2, 0.25) is 5.91 Å². The SMILES string of the molecule is CC(C)C(=O)Nc1ccc(N2C(=S)N[C@H](c3ccccn3)[C@H]2c2ccc(-c3ccccc3)o2)cc1Cl. The quantitative estimate of drug-likeness (QED) is 0.276. The van der Waals surface area contributed by atoms with Crippen molar-refractivity contribution < 1.29 is 9.21 Å². The minimum absolute atomic E-state index is 0.0971. The Morgan fingerprint density at radius 1 is 1.08 bits per heavy atom. The lowest BCUT2D eigenvalue weighted by Crippen LogP contribution is -2.29. The van der Waals surface area contributed by atoms with E-state index in [4.69, 9.17) is 28.2 Å². The summed E-state index contributed by atoms with van der Waals surface area (Å²) in [4.78, 5) is 18.8. The number of rotatable bonds is 6. The molecule has 0 unspecified atom stereocenters. The fraction of sp³-hybridized carbons (Fsp3) is 0.179. The molecule has 1 aliphatic rings. The lowest BCUT2D eigenvalue weighted by atomic mass is 10.0. The van der Waals surface area contributed by atoms with Crippen molar-refractivity contribution in [1.82, 2.24) is 10.3 Å². The number of carbonyl (C=O) groups is 1. The Balaban J connectivity index is 1.54. The number of thiocarbonyl (C=S) groups is 1. The Morgan fingerprint density at radius 2 is 1.86 bits per heavy atom. The van der Waals surface area contributed by atoms with Gasteiger partial charge in [0.15, 0.2) is 5.11 Å². The van der Waals surface area contributed by atoms with Gasteiger partial charge in [-0.25, -0.2) is 0 Å². The van der Waals surface area contributed by atoms with Gasteiger partial charge in [0.25, 0.3) is 0 Å². The van der Waals surface area contributed by atoms with Crippen LogP contribution >= 0.6 is 23.8 Å². The van der Waals surface area contributed by atoms with Gasteiger partial charge in [0.05, 0.1) is 22.4 Å². The highest BCUT2D eigenvalue weighted by atomic mass is 35.5. The maximum absolute atomic E-state index is 12.2. The molecule has 1 saturated heterocycles. The minimum Gasteiger partial charge on any atom is -0.459 e. The molecule has 2 aromatic carbocycles. The summed E-state index contributed by atoms with van der Waals surface area (Å²) in [6, 6.07) is 24.7. The summed E-state index contributed by atoms with van der Waals surface area (Å²) in [6.45, 7) is 3.67. The van der Waals surface area contributed by atoms with Gasteiger partial charge < -0.3 is 20.0 Å². The highest BCUT2D eigenvalue weighted by Crippen LogP contribution is 2.44. The fourth-order valence-electron chi connectivity index (χ4n) is 4.22. The molecule has 6 nitrogen and oxygen atoms in total. The molecule has 0 spiro atoms. The van der Waals surface area contributed by atoms with Gasteiger partial charge in [-0.1, -0.05) is 61.8 Å². The summed E-state index contributed by atoms with van der Waals surface area (Å²) in [5.41, 5.74) is 3.17. The lowest BCUT2D eigenvalue weighted by Gasteiger charge is -2.26. The van der Waals surface area contributed by atoms with Crippen molar-refractivity contribution in [3.8, 4) is 11.3 Å². The van der Waals surface area contributed by atoms with E-state index in [1.807, 2.05) is 85.5 Å². The first-order chi connectivity index (χ1) is 17.4. The summed E-state index contributed by atoms with van der Waals surface area (Å²) in [5.74, 6) is 1.26. The van der Waals surface area contributed by atoms with Crippen LogP contribution in [0.2, 0.25) is 5.02 Å². The molecular weight excluding hydrogens is 492 g/mol. The maximum Gasteiger partial charge on any atom is 0.226 e. The van der Waals surface area contributed by atoms with Crippen LogP contribution in [-0.4, -0.2) is 16.0 Å². The first-order valence-electron chi connectivity index (χ1n) is 11.7. The highest BCUT2D eigenvalue weighted by molar-refractivity contribution is 7.80. The number of anilines is 2. The molecule has 1 fully saturated rings. The Labute approximate surface area is 220 Å². The summed E-state index contributed by atoms with van der Waals surface area (Å²) < 4.78 is 6.38. The van der Waals surface area contributed by atoms with Crippen molar-refractivity contribution in [2.45, 2.75) is 25.9 Å². The third-order valence-corrected chi connectivity index (χ3v) is 6.72. The van der Waals surface area contributed by atoms with Crippen LogP contribution in [0.1, 0.15) is 37.4 Å². The number of hydrogen-bond acceptors (Lipinski definition) is 4.